The number of nitrogens with zero attached hydrogens (tertiary/aromatic N) is 2. The van der Waals surface area contributed by atoms with E-state index >= 15 is 0 Å². The van der Waals surface area contributed by atoms with Gasteiger partial charge >= 0.3 is 0 Å². The summed E-state index contributed by atoms with van der Waals surface area (Å²) >= 11 is 1.03. The zero-order valence-electron chi connectivity index (χ0n) is 12.7. The van der Waals surface area contributed by atoms with Crippen LogP contribution >= 0.6 is 11.3 Å². The fraction of sp³-hybridized carbons (Fsp3) is 0.125. The van der Waals surface area contributed by atoms with Gasteiger partial charge in [-0.3, -0.25) is 4.98 Å². The van der Waals surface area contributed by atoms with Crippen molar-refractivity contribution in [1.29, 1.82) is 0 Å². The Kier molecular flexibility index (Phi) is 4.70. The van der Waals surface area contributed by atoms with Crippen molar-refractivity contribution in [2.24, 2.45) is 0 Å². The van der Waals surface area contributed by atoms with Crippen LogP contribution in [0.5, 0.6) is 0 Å². The fourth-order valence-electron chi connectivity index (χ4n) is 2.19. The average Bonchev–Trinajstić information content (AvgIpc) is 3.01. The Labute approximate surface area is 143 Å². The molecule has 0 bridgehead atoms. The lowest BCUT2D eigenvalue weighted by atomic mass is 10.1. The second kappa shape index (κ2) is 6.76. The molecule has 2 aromatic heterocycles. The van der Waals surface area contributed by atoms with E-state index in [0.717, 1.165) is 11.3 Å². The quantitative estimate of drug-likeness (QED) is 0.755. The number of nitrogens with one attached hydrogen (secondary N) is 1. The summed E-state index contributed by atoms with van der Waals surface area (Å²) in [5, 5.41) is 3.50. The Morgan fingerprint density at radius 2 is 2.00 bits per heavy atom. The Bertz CT molecular complexity index is 956. The van der Waals surface area contributed by atoms with Crippen LogP contribution in [0.1, 0.15) is 5.01 Å². The van der Waals surface area contributed by atoms with E-state index < -0.39 is 15.7 Å². The maximum absolute atomic E-state index is 14.2. The minimum atomic E-state index is -3.83. The minimum absolute atomic E-state index is 0.0193. The van der Waals surface area contributed by atoms with E-state index in [4.69, 9.17) is 0 Å². The number of thiazole rings is 1. The van der Waals surface area contributed by atoms with Crippen LogP contribution in [0.25, 0.3) is 11.3 Å². The molecule has 0 amide bonds. The van der Waals surface area contributed by atoms with Crippen molar-refractivity contribution < 1.29 is 12.8 Å². The van der Waals surface area contributed by atoms with Crippen LogP contribution in [0.2, 0.25) is 0 Å². The number of hydrogen-bond acceptors (Lipinski definition) is 6. The molecule has 0 aliphatic rings. The lowest BCUT2D eigenvalue weighted by molar-refractivity contribution is 0.597. The van der Waals surface area contributed by atoms with Crippen LogP contribution < -0.4 is 5.32 Å². The van der Waals surface area contributed by atoms with Crippen LogP contribution in [0.3, 0.4) is 0 Å². The summed E-state index contributed by atoms with van der Waals surface area (Å²) in [5.41, 5.74) is 0.297. The molecular formula is C16H14FN3O2S2. The summed E-state index contributed by atoms with van der Waals surface area (Å²) < 4.78 is 40.1. The third kappa shape index (κ3) is 3.08. The first-order valence-electron chi connectivity index (χ1n) is 7.08. The number of hydrogen-bond donors (Lipinski definition) is 1. The topological polar surface area (TPSA) is 72.0 Å². The number of pyridine rings is 1. The van der Waals surface area contributed by atoms with Gasteiger partial charge in [0.2, 0.25) is 9.84 Å². The second-order valence-corrected chi connectivity index (χ2v) is 8.17. The van der Waals surface area contributed by atoms with Crippen molar-refractivity contribution in [3.8, 4) is 11.3 Å². The van der Waals surface area contributed by atoms with E-state index in [1.54, 1.807) is 25.2 Å². The number of halogens is 1. The van der Waals surface area contributed by atoms with Crippen molar-refractivity contribution >= 4 is 21.2 Å². The van der Waals surface area contributed by atoms with Gasteiger partial charge in [0.1, 0.15) is 16.5 Å². The average molecular weight is 363 g/mol. The molecule has 5 nitrogen and oxygen atoms in total. The van der Waals surface area contributed by atoms with E-state index in [2.05, 4.69) is 15.3 Å². The van der Waals surface area contributed by atoms with E-state index in [-0.39, 0.29) is 20.4 Å². The van der Waals surface area contributed by atoms with Crippen molar-refractivity contribution in [3.05, 3.63) is 59.6 Å². The smallest absolute Gasteiger partial charge is 0.219 e. The van der Waals surface area contributed by atoms with Crippen LogP contribution in [0.15, 0.2) is 57.9 Å². The molecule has 0 radical (unpaired) electrons. The monoisotopic (exact) mass is 363 g/mol. The Morgan fingerprint density at radius 1 is 1.21 bits per heavy atom. The largest absolute Gasteiger partial charge is 0.314 e. The van der Waals surface area contributed by atoms with Crippen LogP contribution in [0, 0.1) is 5.82 Å². The predicted octanol–water partition coefficient (Wildman–Crippen LogP) is 2.90. The highest BCUT2D eigenvalue weighted by atomic mass is 32.2. The molecule has 0 spiro atoms. The van der Waals surface area contributed by atoms with Gasteiger partial charge < -0.3 is 5.32 Å². The van der Waals surface area contributed by atoms with Gasteiger partial charge in [0.25, 0.3) is 0 Å². The molecule has 0 fully saturated rings. The highest BCUT2D eigenvalue weighted by Gasteiger charge is 2.28. The molecule has 2 heterocycles. The molecule has 8 heteroatoms. The van der Waals surface area contributed by atoms with Gasteiger partial charge in [0, 0.05) is 24.5 Å². The number of sulfone groups is 1. The Morgan fingerprint density at radius 3 is 2.67 bits per heavy atom. The van der Waals surface area contributed by atoms with Crippen molar-refractivity contribution in [2.45, 2.75) is 15.6 Å². The summed E-state index contributed by atoms with van der Waals surface area (Å²) in [5.74, 6) is -0.513. The summed E-state index contributed by atoms with van der Waals surface area (Å²) in [4.78, 5) is 8.26. The van der Waals surface area contributed by atoms with Crippen LogP contribution in [0.4, 0.5) is 4.39 Å². The van der Waals surface area contributed by atoms with E-state index in [1.165, 1.54) is 30.6 Å². The molecule has 0 saturated carbocycles. The Hall–Kier alpha value is -2.16. The van der Waals surface area contributed by atoms with Gasteiger partial charge in [-0.25, -0.2) is 17.8 Å². The van der Waals surface area contributed by atoms with Crippen molar-refractivity contribution in [3.63, 3.8) is 0 Å². The first kappa shape index (κ1) is 16.7. The first-order chi connectivity index (χ1) is 11.5. The Balaban J connectivity index is 2.23. The second-order valence-electron chi connectivity index (χ2n) is 4.95. The van der Waals surface area contributed by atoms with Gasteiger partial charge in [0.15, 0.2) is 4.21 Å². The van der Waals surface area contributed by atoms with Crippen molar-refractivity contribution in [2.75, 3.05) is 7.05 Å². The first-order valence-corrected chi connectivity index (χ1v) is 9.38. The molecule has 3 aromatic rings. The maximum atomic E-state index is 14.2. The molecule has 1 N–H and O–H groups in total. The summed E-state index contributed by atoms with van der Waals surface area (Å²) in [6.07, 6.45) is 2.77. The summed E-state index contributed by atoms with van der Waals surface area (Å²) in [7, 11) is -2.10. The zero-order valence-corrected chi connectivity index (χ0v) is 14.4. The normalized spacial score (nSPS) is 11.6. The maximum Gasteiger partial charge on any atom is 0.219 e. The molecule has 24 heavy (non-hydrogen) atoms. The standard InChI is InChI=1S/C16H14FN3O2S2/c1-18-10-14-20-15(12-6-2-3-7-13(12)17)16(23-14)24(21,22)11-5-4-8-19-9-11/h2-9,18H,10H2,1H3. The third-order valence-electron chi connectivity index (χ3n) is 3.29. The molecule has 3 rings (SSSR count). The van der Waals surface area contributed by atoms with Crippen molar-refractivity contribution in [1.82, 2.24) is 15.3 Å². The number of rotatable bonds is 5. The number of aromatic nitrogens is 2. The molecule has 124 valence electrons. The van der Waals surface area contributed by atoms with Crippen LogP contribution in [-0.2, 0) is 16.4 Å². The van der Waals surface area contributed by atoms with Gasteiger partial charge in [-0.1, -0.05) is 12.1 Å². The zero-order chi connectivity index (χ0) is 17.2. The molecule has 0 aliphatic heterocycles. The lowest BCUT2D eigenvalue weighted by Crippen LogP contribution is -2.04. The molecule has 0 saturated heterocycles. The van der Waals surface area contributed by atoms with E-state index in [0.29, 0.717) is 11.6 Å². The van der Waals surface area contributed by atoms with E-state index in [9.17, 15) is 12.8 Å². The highest BCUT2D eigenvalue weighted by molar-refractivity contribution is 7.93. The van der Waals surface area contributed by atoms with Crippen LogP contribution in [-0.4, -0.2) is 25.4 Å². The molecular weight excluding hydrogens is 349 g/mol. The molecule has 0 atom stereocenters. The van der Waals surface area contributed by atoms with Gasteiger partial charge in [0.05, 0.1) is 4.90 Å². The van der Waals surface area contributed by atoms with Gasteiger partial charge in [-0.2, -0.15) is 0 Å². The highest BCUT2D eigenvalue weighted by Crippen LogP contribution is 2.36. The molecule has 1 aromatic carbocycles. The van der Waals surface area contributed by atoms with Gasteiger partial charge in [-0.15, -0.1) is 11.3 Å². The lowest BCUT2D eigenvalue weighted by Gasteiger charge is -2.05. The predicted molar refractivity (Wildman–Crippen MR) is 90.0 cm³/mol. The third-order valence-corrected chi connectivity index (χ3v) is 6.59. The van der Waals surface area contributed by atoms with E-state index in [1.807, 2.05) is 0 Å². The SMILES string of the molecule is CNCc1nc(-c2ccccc2F)c(S(=O)(=O)c2cccnc2)s1. The summed E-state index contributed by atoms with van der Waals surface area (Å²) in [6.45, 7) is 0.397. The number of benzene rings is 1. The fourth-order valence-corrected chi connectivity index (χ4v) is 5.11. The van der Waals surface area contributed by atoms with Gasteiger partial charge in [-0.05, 0) is 31.3 Å². The minimum Gasteiger partial charge on any atom is -0.314 e. The summed E-state index contributed by atoms with van der Waals surface area (Å²) in [6, 6.07) is 9.02. The molecule has 0 unspecified atom stereocenters. The molecule has 0 aliphatic carbocycles.